The first kappa shape index (κ1) is 22.5. The maximum Gasteiger partial charge on any atom is 0.233 e. The summed E-state index contributed by atoms with van der Waals surface area (Å²) in [5, 5.41) is 5.82. The number of amides is 1. The SMILES string of the molecule is COc1ccc(CCNC(=O)CNCC(OC)OC)cc1OC.Cl. The summed E-state index contributed by atoms with van der Waals surface area (Å²) < 4.78 is 20.5. The second kappa shape index (κ2) is 12.8. The summed E-state index contributed by atoms with van der Waals surface area (Å²) in [5.74, 6) is 1.30. The second-order valence-corrected chi connectivity index (χ2v) is 4.82. The summed E-state index contributed by atoms with van der Waals surface area (Å²) in [4.78, 5) is 11.7. The number of hydrogen-bond donors (Lipinski definition) is 2. The molecule has 7 nitrogen and oxygen atoms in total. The van der Waals surface area contributed by atoms with E-state index in [1.54, 1.807) is 28.4 Å². The molecule has 0 bridgehead atoms. The first-order valence-corrected chi connectivity index (χ1v) is 7.38. The first-order valence-electron chi connectivity index (χ1n) is 7.38. The normalized spacial score (nSPS) is 10.2. The predicted octanol–water partition coefficient (Wildman–Crippen LogP) is 0.993. The number of nitrogens with one attached hydrogen (secondary N) is 2. The molecule has 0 aliphatic carbocycles. The highest BCUT2D eigenvalue weighted by atomic mass is 35.5. The fraction of sp³-hybridized carbons (Fsp3) is 0.562. The highest BCUT2D eigenvalue weighted by molar-refractivity contribution is 5.85. The van der Waals surface area contributed by atoms with Crippen molar-refractivity contribution in [3.05, 3.63) is 23.8 Å². The van der Waals surface area contributed by atoms with Crippen molar-refractivity contribution in [2.45, 2.75) is 12.7 Å². The molecule has 0 atom stereocenters. The van der Waals surface area contributed by atoms with Gasteiger partial charge in [0.1, 0.15) is 0 Å². The van der Waals surface area contributed by atoms with Crippen molar-refractivity contribution >= 4 is 18.3 Å². The summed E-state index contributed by atoms with van der Waals surface area (Å²) in [6.07, 6.45) is 0.361. The molecule has 1 rings (SSSR count). The fourth-order valence-corrected chi connectivity index (χ4v) is 2.01. The van der Waals surface area contributed by atoms with Crippen molar-refractivity contribution in [2.75, 3.05) is 48.1 Å². The molecule has 0 aromatic heterocycles. The van der Waals surface area contributed by atoms with Gasteiger partial charge in [0.2, 0.25) is 5.91 Å². The van der Waals surface area contributed by atoms with Crippen LogP contribution in [0.3, 0.4) is 0 Å². The van der Waals surface area contributed by atoms with Gasteiger partial charge in [0.05, 0.1) is 20.8 Å². The van der Waals surface area contributed by atoms with Crippen LogP contribution in [-0.4, -0.2) is 60.3 Å². The lowest BCUT2D eigenvalue weighted by molar-refractivity contribution is -0.121. The molecule has 0 unspecified atom stereocenters. The van der Waals surface area contributed by atoms with Gasteiger partial charge in [-0.15, -0.1) is 12.4 Å². The molecule has 1 aromatic carbocycles. The van der Waals surface area contributed by atoms with E-state index in [9.17, 15) is 4.79 Å². The van der Waals surface area contributed by atoms with Crippen LogP contribution in [0.4, 0.5) is 0 Å². The Morgan fingerprint density at radius 2 is 1.75 bits per heavy atom. The van der Waals surface area contributed by atoms with Gasteiger partial charge < -0.3 is 29.6 Å². The van der Waals surface area contributed by atoms with Crippen LogP contribution < -0.4 is 20.1 Å². The average molecular weight is 363 g/mol. The molecule has 8 heteroatoms. The fourth-order valence-electron chi connectivity index (χ4n) is 2.01. The van der Waals surface area contributed by atoms with Gasteiger partial charge in [-0.05, 0) is 24.1 Å². The summed E-state index contributed by atoms with van der Waals surface area (Å²) in [6.45, 7) is 1.22. The standard InChI is InChI=1S/C16H26N2O5.ClH/c1-20-13-6-5-12(9-14(13)21-2)7-8-18-15(19)10-17-11-16(22-3)23-4;/h5-6,9,16-17H,7-8,10-11H2,1-4H3,(H,18,19);1H. The van der Waals surface area contributed by atoms with Crippen LogP contribution in [0.1, 0.15) is 5.56 Å². The maximum absolute atomic E-state index is 11.7. The van der Waals surface area contributed by atoms with Crippen LogP contribution >= 0.6 is 12.4 Å². The third-order valence-corrected chi connectivity index (χ3v) is 3.31. The van der Waals surface area contributed by atoms with Crippen molar-refractivity contribution in [1.29, 1.82) is 0 Å². The summed E-state index contributed by atoms with van der Waals surface area (Å²) in [5.41, 5.74) is 1.06. The monoisotopic (exact) mass is 362 g/mol. The largest absolute Gasteiger partial charge is 0.493 e. The number of ether oxygens (including phenoxy) is 4. The molecule has 138 valence electrons. The van der Waals surface area contributed by atoms with Gasteiger partial charge in [0.25, 0.3) is 0 Å². The number of rotatable bonds is 11. The van der Waals surface area contributed by atoms with E-state index < -0.39 is 0 Å². The number of carbonyl (C=O) groups excluding carboxylic acids is 1. The zero-order chi connectivity index (χ0) is 17.1. The molecule has 0 aliphatic heterocycles. The Labute approximate surface area is 149 Å². The molecule has 0 aliphatic rings. The summed E-state index contributed by atoms with van der Waals surface area (Å²) in [7, 11) is 6.31. The van der Waals surface area contributed by atoms with E-state index in [1.807, 2.05) is 18.2 Å². The quantitative estimate of drug-likeness (QED) is 0.572. The molecule has 0 saturated heterocycles. The lowest BCUT2D eigenvalue weighted by Crippen LogP contribution is -2.38. The minimum absolute atomic E-state index is 0. The van der Waals surface area contributed by atoms with E-state index >= 15 is 0 Å². The van der Waals surface area contributed by atoms with Crippen LogP contribution in [0.2, 0.25) is 0 Å². The van der Waals surface area contributed by atoms with Gasteiger partial charge in [-0.25, -0.2) is 0 Å². The van der Waals surface area contributed by atoms with Gasteiger partial charge >= 0.3 is 0 Å². The predicted molar refractivity (Wildman–Crippen MR) is 94.2 cm³/mol. The molecule has 1 aromatic rings. The van der Waals surface area contributed by atoms with E-state index in [2.05, 4.69) is 10.6 Å². The maximum atomic E-state index is 11.7. The molecule has 24 heavy (non-hydrogen) atoms. The zero-order valence-electron chi connectivity index (χ0n) is 14.6. The average Bonchev–Trinajstić information content (AvgIpc) is 2.58. The molecular formula is C16H27ClN2O5. The van der Waals surface area contributed by atoms with Crippen LogP contribution in [0, 0.1) is 0 Å². The number of benzene rings is 1. The Kier molecular flexibility index (Phi) is 12.0. The minimum atomic E-state index is -0.352. The van der Waals surface area contributed by atoms with Gasteiger partial charge in [0.15, 0.2) is 17.8 Å². The lowest BCUT2D eigenvalue weighted by Gasteiger charge is -2.14. The van der Waals surface area contributed by atoms with Gasteiger partial charge in [-0.2, -0.15) is 0 Å². The highest BCUT2D eigenvalue weighted by Gasteiger charge is 2.07. The van der Waals surface area contributed by atoms with Crippen molar-refractivity contribution in [2.24, 2.45) is 0 Å². The molecule has 0 radical (unpaired) electrons. The number of hydrogen-bond acceptors (Lipinski definition) is 6. The third kappa shape index (κ3) is 7.83. The highest BCUT2D eigenvalue weighted by Crippen LogP contribution is 2.27. The number of methoxy groups -OCH3 is 4. The zero-order valence-corrected chi connectivity index (χ0v) is 15.4. The molecule has 0 fully saturated rings. The number of halogens is 1. The van der Waals surface area contributed by atoms with Crippen LogP contribution in [0.25, 0.3) is 0 Å². The van der Waals surface area contributed by atoms with Crippen LogP contribution in [0.15, 0.2) is 18.2 Å². The Balaban J connectivity index is 0.00000529. The van der Waals surface area contributed by atoms with E-state index in [4.69, 9.17) is 18.9 Å². The molecule has 2 N–H and O–H groups in total. The number of carbonyl (C=O) groups is 1. The van der Waals surface area contributed by atoms with Gasteiger partial charge in [-0.3, -0.25) is 4.79 Å². The van der Waals surface area contributed by atoms with Crippen molar-refractivity contribution < 1.29 is 23.7 Å². The summed E-state index contributed by atoms with van der Waals surface area (Å²) >= 11 is 0. The molecular weight excluding hydrogens is 336 g/mol. The van der Waals surface area contributed by atoms with E-state index in [1.165, 1.54) is 0 Å². The van der Waals surface area contributed by atoms with Crippen LogP contribution in [0.5, 0.6) is 11.5 Å². The smallest absolute Gasteiger partial charge is 0.233 e. The Morgan fingerprint density at radius 1 is 1.08 bits per heavy atom. The Morgan fingerprint density at radius 3 is 2.33 bits per heavy atom. The molecule has 0 spiro atoms. The van der Waals surface area contributed by atoms with Crippen molar-refractivity contribution in [1.82, 2.24) is 10.6 Å². The van der Waals surface area contributed by atoms with Crippen molar-refractivity contribution in [3.8, 4) is 11.5 Å². The first-order chi connectivity index (χ1) is 11.1. The van der Waals surface area contributed by atoms with E-state index in [0.29, 0.717) is 31.0 Å². The summed E-state index contributed by atoms with van der Waals surface area (Å²) in [6, 6.07) is 5.71. The minimum Gasteiger partial charge on any atom is -0.493 e. The lowest BCUT2D eigenvalue weighted by atomic mass is 10.1. The van der Waals surface area contributed by atoms with Crippen molar-refractivity contribution in [3.63, 3.8) is 0 Å². The Bertz CT molecular complexity index is 484. The molecule has 0 saturated carbocycles. The Hall–Kier alpha value is -1.54. The van der Waals surface area contributed by atoms with E-state index in [-0.39, 0.29) is 31.1 Å². The third-order valence-electron chi connectivity index (χ3n) is 3.31. The van der Waals surface area contributed by atoms with Crippen LogP contribution in [-0.2, 0) is 20.7 Å². The topological polar surface area (TPSA) is 78.1 Å². The van der Waals surface area contributed by atoms with Gasteiger partial charge in [0, 0.05) is 27.3 Å². The van der Waals surface area contributed by atoms with E-state index in [0.717, 1.165) is 5.56 Å². The second-order valence-electron chi connectivity index (χ2n) is 4.82. The molecule has 1 amide bonds. The van der Waals surface area contributed by atoms with Gasteiger partial charge in [-0.1, -0.05) is 6.07 Å². The molecule has 0 heterocycles.